The van der Waals surface area contributed by atoms with Crippen LogP contribution in [0.15, 0.2) is 0 Å². The van der Waals surface area contributed by atoms with Crippen molar-refractivity contribution in [1.29, 1.82) is 0 Å². The molecule has 0 aromatic rings. The second-order valence-corrected chi connectivity index (χ2v) is 4.70. The maximum absolute atomic E-state index is 11.4. The van der Waals surface area contributed by atoms with Crippen molar-refractivity contribution in [3.8, 4) is 0 Å². The third-order valence-corrected chi connectivity index (χ3v) is 3.67. The van der Waals surface area contributed by atoms with E-state index in [9.17, 15) is 14.7 Å². The highest BCUT2D eigenvalue weighted by atomic mass is 16.6. The number of carboxylic acid groups (broad SMARTS) is 1. The number of ether oxygens (including phenoxy) is 1. The van der Waals surface area contributed by atoms with E-state index in [1.54, 1.807) is 6.92 Å². The van der Waals surface area contributed by atoms with Gasteiger partial charge in [0.15, 0.2) is 0 Å². The first-order valence-electron chi connectivity index (χ1n) is 5.52. The van der Waals surface area contributed by atoms with E-state index < -0.39 is 11.6 Å². The van der Waals surface area contributed by atoms with Crippen LogP contribution >= 0.6 is 0 Å². The van der Waals surface area contributed by atoms with Gasteiger partial charge >= 0.3 is 11.9 Å². The Morgan fingerprint density at radius 2 is 2.07 bits per heavy atom. The van der Waals surface area contributed by atoms with E-state index in [1.165, 1.54) is 0 Å². The lowest BCUT2D eigenvalue weighted by Gasteiger charge is -2.29. The van der Waals surface area contributed by atoms with Crippen LogP contribution in [0.5, 0.6) is 0 Å². The smallest absolute Gasteiger partial charge is 0.348 e. The summed E-state index contributed by atoms with van der Waals surface area (Å²) in [5.74, 6) is -1.58. The Hall–Kier alpha value is -1.06. The van der Waals surface area contributed by atoms with Gasteiger partial charge in [0.2, 0.25) is 5.60 Å². The number of carbonyl (C=O) groups is 2. The zero-order chi connectivity index (χ0) is 11.1. The molecule has 1 saturated carbocycles. The van der Waals surface area contributed by atoms with Crippen LogP contribution in [0.4, 0.5) is 0 Å². The molecule has 0 amide bonds. The minimum atomic E-state index is -1.22. The fraction of sp³-hybridized carbons (Fsp3) is 0.818. The Balaban J connectivity index is 2.25. The standard InChI is InChI=1S/C11H16O4/c1-7-6-11(10(13)14,15-9(7)12)8-4-2-3-5-8/h7-8H,2-6H2,1H3,(H,13,14). The van der Waals surface area contributed by atoms with Crippen molar-refractivity contribution in [2.24, 2.45) is 11.8 Å². The van der Waals surface area contributed by atoms with Crippen molar-refractivity contribution >= 4 is 11.9 Å². The maximum atomic E-state index is 11.4. The number of cyclic esters (lactones) is 1. The Labute approximate surface area is 88.6 Å². The molecule has 2 atom stereocenters. The molecule has 2 aliphatic rings. The number of aliphatic carboxylic acids is 1. The molecule has 1 heterocycles. The zero-order valence-corrected chi connectivity index (χ0v) is 8.86. The molecule has 0 bridgehead atoms. The highest BCUT2D eigenvalue weighted by molar-refractivity contribution is 5.87. The summed E-state index contributed by atoms with van der Waals surface area (Å²) in [6.45, 7) is 1.74. The van der Waals surface area contributed by atoms with Crippen molar-refractivity contribution in [3.63, 3.8) is 0 Å². The van der Waals surface area contributed by atoms with E-state index in [0.29, 0.717) is 6.42 Å². The molecule has 0 spiro atoms. The van der Waals surface area contributed by atoms with Crippen LogP contribution in [0.25, 0.3) is 0 Å². The van der Waals surface area contributed by atoms with Crippen molar-refractivity contribution < 1.29 is 19.4 Å². The molecule has 1 saturated heterocycles. The van der Waals surface area contributed by atoms with Crippen LogP contribution in [0.1, 0.15) is 39.0 Å². The van der Waals surface area contributed by atoms with Crippen LogP contribution in [0.2, 0.25) is 0 Å². The molecule has 1 aliphatic carbocycles. The summed E-state index contributed by atoms with van der Waals surface area (Å²) in [4.78, 5) is 22.7. The SMILES string of the molecule is CC1CC(C(=O)O)(C2CCCC2)OC1=O. The predicted octanol–water partition coefficient (Wildman–Crippen LogP) is 1.58. The molecule has 15 heavy (non-hydrogen) atoms. The summed E-state index contributed by atoms with van der Waals surface area (Å²) in [7, 11) is 0. The molecular weight excluding hydrogens is 196 g/mol. The molecule has 2 unspecified atom stereocenters. The summed E-state index contributed by atoms with van der Waals surface area (Å²) < 4.78 is 5.17. The zero-order valence-electron chi connectivity index (χ0n) is 8.86. The van der Waals surface area contributed by atoms with Crippen LogP contribution in [-0.2, 0) is 14.3 Å². The van der Waals surface area contributed by atoms with Gasteiger partial charge in [-0.1, -0.05) is 19.8 Å². The maximum Gasteiger partial charge on any atom is 0.348 e. The third-order valence-electron chi connectivity index (χ3n) is 3.67. The first kappa shape index (κ1) is 10.5. The average molecular weight is 212 g/mol. The number of hydrogen-bond donors (Lipinski definition) is 1. The highest BCUT2D eigenvalue weighted by Gasteiger charge is 2.56. The Morgan fingerprint density at radius 3 is 2.47 bits per heavy atom. The summed E-state index contributed by atoms with van der Waals surface area (Å²) >= 11 is 0. The van der Waals surface area contributed by atoms with Gasteiger partial charge in [-0.05, 0) is 12.8 Å². The Kier molecular flexibility index (Phi) is 2.44. The summed E-state index contributed by atoms with van der Waals surface area (Å²) in [5, 5.41) is 9.28. The van der Waals surface area contributed by atoms with Crippen LogP contribution in [0.3, 0.4) is 0 Å². The van der Waals surface area contributed by atoms with Gasteiger partial charge in [-0.25, -0.2) is 4.79 Å². The number of carboxylic acids is 1. The van der Waals surface area contributed by atoms with Crippen molar-refractivity contribution in [1.82, 2.24) is 0 Å². The molecule has 4 nitrogen and oxygen atoms in total. The summed E-state index contributed by atoms with van der Waals surface area (Å²) in [6.07, 6.45) is 4.17. The Morgan fingerprint density at radius 1 is 1.47 bits per heavy atom. The van der Waals surface area contributed by atoms with Crippen molar-refractivity contribution in [3.05, 3.63) is 0 Å². The molecule has 1 N–H and O–H groups in total. The first-order valence-corrected chi connectivity index (χ1v) is 5.52. The van der Waals surface area contributed by atoms with E-state index in [4.69, 9.17) is 4.74 Å². The van der Waals surface area contributed by atoms with E-state index in [1.807, 2.05) is 0 Å². The Bertz CT molecular complexity index is 293. The van der Waals surface area contributed by atoms with E-state index in [0.717, 1.165) is 25.7 Å². The third kappa shape index (κ3) is 1.52. The van der Waals surface area contributed by atoms with Crippen molar-refractivity contribution in [2.45, 2.75) is 44.6 Å². The van der Waals surface area contributed by atoms with Crippen LogP contribution in [0, 0.1) is 11.8 Å². The topological polar surface area (TPSA) is 63.6 Å². The van der Waals surface area contributed by atoms with Crippen molar-refractivity contribution in [2.75, 3.05) is 0 Å². The largest absolute Gasteiger partial charge is 0.478 e. The normalized spacial score (nSPS) is 36.9. The van der Waals surface area contributed by atoms with Gasteiger partial charge in [-0.3, -0.25) is 4.79 Å². The van der Waals surface area contributed by atoms with Gasteiger partial charge in [0, 0.05) is 12.3 Å². The van der Waals surface area contributed by atoms with Gasteiger partial charge < -0.3 is 9.84 Å². The predicted molar refractivity (Wildman–Crippen MR) is 52.2 cm³/mol. The first-order chi connectivity index (χ1) is 7.06. The molecule has 84 valence electrons. The number of carbonyl (C=O) groups excluding carboxylic acids is 1. The molecule has 1 aliphatic heterocycles. The molecule has 0 aromatic heterocycles. The van der Waals surface area contributed by atoms with Gasteiger partial charge in [0.05, 0.1) is 5.92 Å². The second kappa shape index (κ2) is 3.51. The van der Waals surface area contributed by atoms with E-state index in [-0.39, 0.29) is 17.8 Å². The fourth-order valence-electron chi connectivity index (χ4n) is 2.81. The van der Waals surface area contributed by atoms with Crippen LogP contribution < -0.4 is 0 Å². The highest BCUT2D eigenvalue weighted by Crippen LogP contribution is 2.44. The van der Waals surface area contributed by atoms with Gasteiger partial charge in [-0.15, -0.1) is 0 Å². The molecule has 0 radical (unpaired) electrons. The lowest BCUT2D eigenvalue weighted by Crippen LogP contribution is -2.44. The van der Waals surface area contributed by atoms with E-state index >= 15 is 0 Å². The summed E-state index contributed by atoms with van der Waals surface area (Å²) in [5.41, 5.74) is -1.22. The van der Waals surface area contributed by atoms with Crippen LogP contribution in [-0.4, -0.2) is 22.6 Å². The van der Waals surface area contributed by atoms with Gasteiger partial charge in [0.1, 0.15) is 0 Å². The minimum Gasteiger partial charge on any atom is -0.478 e. The monoisotopic (exact) mass is 212 g/mol. The lowest BCUT2D eigenvalue weighted by atomic mass is 9.81. The van der Waals surface area contributed by atoms with Gasteiger partial charge in [-0.2, -0.15) is 0 Å². The molecule has 0 aromatic carbocycles. The number of rotatable bonds is 2. The molecule has 4 heteroatoms. The average Bonchev–Trinajstić information content (AvgIpc) is 2.75. The molecule has 2 fully saturated rings. The van der Waals surface area contributed by atoms with Gasteiger partial charge in [0.25, 0.3) is 0 Å². The molecule has 2 rings (SSSR count). The quantitative estimate of drug-likeness (QED) is 0.706. The summed E-state index contributed by atoms with van der Waals surface area (Å²) in [6, 6.07) is 0. The number of esters is 1. The number of hydrogen-bond acceptors (Lipinski definition) is 3. The lowest BCUT2D eigenvalue weighted by molar-refractivity contribution is -0.176. The second-order valence-electron chi connectivity index (χ2n) is 4.70. The fourth-order valence-corrected chi connectivity index (χ4v) is 2.81. The molecular formula is C11H16O4. The minimum absolute atomic E-state index is 0.0175. The van der Waals surface area contributed by atoms with E-state index in [2.05, 4.69) is 0 Å².